The van der Waals surface area contributed by atoms with Crippen LogP contribution >= 0.6 is 11.3 Å². The van der Waals surface area contributed by atoms with Crippen molar-refractivity contribution >= 4 is 17.1 Å². The predicted octanol–water partition coefficient (Wildman–Crippen LogP) is 0.620. The molecule has 1 atom stereocenters. The quantitative estimate of drug-likeness (QED) is 0.769. The monoisotopic (exact) mass is 196 g/mol. The van der Waals surface area contributed by atoms with E-state index in [0.29, 0.717) is 5.01 Å². The zero-order chi connectivity index (χ0) is 9.84. The molecule has 68 valence electrons. The molecule has 1 unspecified atom stereocenters. The first-order valence-corrected chi connectivity index (χ1v) is 4.52. The number of ketones is 1. The molecule has 0 aliphatic carbocycles. The number of Topliss-reactive ketones (excluding diaryl/α,β-unsaturated/α-hetero) is 1. The molecule has 0 amide bonds. The first-order valence-electron chi connectivity index (χ1n) is 3.64. The number of aryl methyl sites for hydroxylation is 1. The van der Waals surface area contributed by atoms with Crippen LogP contribution in [0.5, 0.6) is 0 Å². The number of thiazole rings is 1. The van der Waals surface area contributed by atoms with Crippen molar-refractivity contribution in [1.82, 2.24) is 4.98 Å². The van der Waals surface area contributed by atoms with Crippen molar-refractivity contribution in [2.45, 2.75) is 12.8 Å². The molecule has 1 heterocycles. The van der Waals surface area contributed by atoms with E-state index in [4.69, 9.17) is 10.4 Å². The van der Waals surface area contributed by atoms with Gasteiger partial charge in [0.05, 0.1) is 6.07 Å². The molecule has 0 aliphatic heterocycles. The smallest absolute Gasteiger partial charge is 0.182 e. The van der Waals surface area contributed by atoms with E-state index in [-0.39, 0.29) is 0 Å². The number of hydrogen-bond donors (Lipinski definition) is 1. The maximum absolute atomic E-state index is 11.0. The Hall–Kier alpha value is -1.25. The van der Waals surface area contributed by atoms with Gasteiger partial charge >= 0.3 is 0 Å². The highest BCUT2D eigenvalue weighted by molar-refractivity contribution is 7.09. The normalized spacial score (nSPS) is 12.1. The molecule has 13 heavy (non-hydrogen) atoms. The fourth-order valence-electron chi connectivity index (χ4n) is 0.861. The van der Waals surface area contributed by atoms with E-state index in [2.05, 4.69) is 4.98 Å². The van der Waals surface area contributed by atoms with Crippen molar-refractivity contribution in [2.75, 3.05) is 6.61 Å². The minimum atomic E-state index is -0.913. The van der Waals surface area contributed by atoms with Crippen molar-refractivity contribution < 1.29 is 9.90 Å². The topological polar surface area (TPSA) is 74.0 Å². The van der Waals surface area contributed by atoms with Gasteiger partial charge in [0.15, 0.2) is 11.7 Å². The van der Waals surface area contributed by atoms with Crippen LogP contribution in [-0.2, 0) is 4.79 Å². The maximum Gasteiger partial charge on any atom is 0.182 e. The number of aliphatic hydroxyl groups excluding tert-OH is 1. The van der Waals surface area contributed by atoms with Crippen LogP contribution in [0.2, 0.25) is 0 Å². The van der Waals surface area contributed by atoms with Gasteiger partial charge in [0.1, 0.15) is 11.6 Å². The lowest BCUT2D eigenvalue weighted by Gasteiger charge is -2.00. The van der Waals surface area contributed by atoms with E-state index < -0.39 is 18.3 Å². The Labute approximate surface area is 79.5 Å². The Morgan fingerprint density at radius 2 is 2.62 bits per heavy atom. The SMILES string of the molecule is Cc1csc(C(C#N)C(=O)CO)n1. The highest BCUT2D eigenvalue weighted by Crippen LogP contribution is 2.20. The van der Waals surface area contributed by atoms with Crippen molar-refractivity contribution in [2.24, 2.45) is 0 Å². The molecule has 1 aromatic rings. The summed E-state index contributed by atoms with van der Waals surface area (Å²) in [5.74, 6) is -1.42. The third kappa shape index (κ3) is 2.11. The Morgan fingerprint density at radius 3 is 3.00 bits per heavy atom. The van der Waals surface area contributed by atoms with Gasteiger partial charge in [-0.05, 0) is 6.92 Å². The molecule has 0 aromatic carbocycles. The van der Waals surface area contributed by atoms with Crippen LogP contribution in [0.4, 0.5) is 0 Å². The fraction of sp³-hybridized carbons (Fsp3) is 0.375. The molecule has 0 spiro atoms. The van der Waals surface area contributed by atoms with Gasteiger partial charge in [-0.2, -0.15) is 5.26 Å². The number of rotatable bonds is 3. The van der Waals surface area contributed by atoms with Gasteiger partial charge in [0.2, 0.25) is 0 Å². The fourth-order valence-corrected chi connectivity index (χ4v) is 1.72. The lowest BCUT2D eigenvalue weighted by atomic mass is 10.1. The maximum atomic E-state index is 11.0. The molecule has 1 rings (SSSR count). The molecule has 4 nitrogen and oxygen atoms in total. The number of aliphatic hydroxyl groups is 1. The van der Waals surface area contributed by atoms with Gasteiger partial charge in [-0.25, -0.2) is 4.98 Å². The van der Waals surface area contributed by atoms with E-state index in [1.165, 1.54) is 11.3 Å². The number of nitriles is 1. The number of carbonyl (C=O) groups is 1. The van der Waals surface area contributed by atoms with Crippen LogP contribution < -0.4 is 0 Å². The zero-order valence-corrected chi connectivity index (χ0v) is 7.84. The molecule has 0 fully saturated rings. The second-order valence-corrected chi connectivity index (χ2v) is 3.40. The minimum Gasteiger partial charge on any atom is -0.389 e. The van der Waals surface area contributed by atoms with Crippen molar-refractivity contribution in [3.8, 4) is 6.07 Å². The van der Waals surface area contributed by atoms with Gasteiger partial charge in [-0.1, -0.05) is 0 Å². The Morgan fingerprint density at radius 1 is 1.92 bits per heavy atom. The van der Waals surface area contributed by atoms with Gasteiger partial charge in [0.25, 0.3) is 0 Å². The predicted molar refractivity (Wildman–Crippen MR) is 47.3 cm³/mol. The molecule has 0 saturated carbocycles. The van der Waals surface area contributed by atoms with Crippen LogP contribution in [0.25, 0.3) is 0 Å². The first-order chi connectivity index (χ1) is 6.19. The molecular formula is C8H8N2O2S. The number of hydrogen-bond acceptors (Lipinski definition) is 5. The first kappa shape index (κ1) is 9.84. The lowest BCUT2D eigenvalue weighted by molar-refractivity contribution is -0.122. The lowest BCUT2D eigenvalue weighted by Crippen LogP contribution is -2.14. The molecular weight excluding hydrogens is 188 g/mol. The summed E-state index contributed by atoms with van der Waals surface area (Å²) in [6.07, 6.45) is 0. The number of nitrogens with zero attached hydrogens (tertiary/aromatic N) is 2. The average Bonchev–Trinajstić information content (AvgIpc) is 2.53. The summed E-state index contributed by atoms with van der Waals surface area (Å²) in [5.41, 5.74) is 0.783. The summed E-state index contributed by atoms with van der Waals surface area (Å²) in [6.45, 7) is 1.18. The zero-order valence-electron chi connectivity index (χ0n) is 7.02. The van der Waals surface area contributed by atoms with Crippen LogP contribution in [-0.4, -0.2) is 22.5 Å². The van der Waals surface area contributed by atoms with E-state index in [1.54, 1.807) is 12.3 Å². The molecule has 0 radical (unpaired) electrons. The minimum absolute atomic E-state index is 0.457. The van der Waals surface area contributed by atoms with Gasteiger partial charge in [-0.15, -0.1) is 11.3 Å². The average molecular weight is 196 g/mol. The van der Waals surface area contributed by atoms with E-state index in [9.17, 15) is 4.79 Å². The van der Waals surface area contributed by atoms with E-state index in [0.717, 1.165) is 5.69 Å². The molecule has 0 aliphatic rings. The summed E-state index contributed by atoms with van der Waals surface area (Å²) in [7, 11) is 0. The summed E-state index contributed by atoms with van der Waals surface area (Å²) in [5, 5.41) is 19.5. The van der Waals surface area contributed by atoms with Crippen molar-refractivity contribution in [1.29, 1.82) is 5.26 Å². The van der Waals surface area contributed by atoms with Gasteiger partial charge < -0.3 is 5.11 Å². The summed E-state index contributed by atoms with van der Waals surface area (Å²) < 4.78 is 0. The molecule has 0 saturated heterocycles. The van der Waals surface area contributed by atoms with Crippen LogP contribution in [0, 0.1) is 18.3 Å². The second-order valence-electron chi connectivity index (χ2n) is 2.51. The molecule has 5 heteroatoms. The third-order valence-electron chi connectivity index (χ3n) is 1.49. The second kappa shape index (κ2) is 4.12. The molecule has 1 N–H and O–H groups in total. The Balaban J connectivity index is 2.92. The summed E-state index contributed by atoms with van der Waals surface area (Å²) in [6, 6.07) is 1.82. The molecule has 1 aromatic heterocycles. The van der Waals surface area contributed by atoms with Crippen LogP contribution in [0.3, 0.4) is 0 Å². The van der Waals surface area contributed by atoms with Crippen LogP contribution in [0.15, 0.2) is 5.38 Å². The third-order valence-corrected chi connectivity index (χ3v) is 2.52. The van der Waals surface area contributed by atoms with Crippen molar-refractivity contribution in [3.05, 3.63) is 16.1 Å². The highest BCUT2D eigenvalue weighted by atomic mass is 32.1. The number of carbonyl (C=O) groups excluding carboxylic acids is 1. The van der Waals surface area contributed by atoms with Gasteiger partial charge in [0, 0.05) is 11.1 Å². The number of aromatic nitrogens is 1. The van der Waals surface area contributed by atoms with E-state index in [1.807, 2.05) is 6.07 Å². The standard InChI is InChI=1S/C8H8N2O2S/c1-5-4-13-8(10-5)6(2-9)7(12)3-11/h4,6,11H,3H2,1H3. The Bertz CT molecular complexity index is 353. The van der Waals surface area contributed by atoms with Gasteiger partial charge in [-0.3, -0.25) is 4.79 Å². The molecule has 0 bridgehead atoms. The van der Waals surface area contributed by atoms with Crippen LogP contribution in [0.1, 0.15) is 16.6 Å². The van der Waals surface area contributed by atoms with Crippen molar-refractivity contribution in [3.63, 3.8) is 0 Å². The summed E-state index contributed by atoms with van der Waals surface area (Å²) >= 11 is 1.26. The highest BCUT2D eigenvalue weighted by Gasteiger charge is 2.21. The summed E-state index contributed by atoms with van der Waals surface area (Å²) in [4.78, 5) is 15.1. The van der Waals surface area contributed by atoms with E-state index >= 15 is 0 Å². The Kier molecular flexibility index (Phi) is 3.12. The largest absolute Gasteiger partial charge is 0.389 e.